The van der Waals surface area contributed by atoms with Gasteiger partial charge in [-0.15, -0.1) is 4.37 Å². The van der Waals surface area contributed by atoms with Crippen LogP contribution >= 0.6 is 11.5 Å². The van der Waals surface area contributed by atoms with E-state index in [0.29, 0.717) is 5.89 Å². The lowest BCUT2D eigenvalue weighted by atomic mass is 9.86. The van der Waals surface area contributed by atoms with Crippen molar-refractivity contribution >= 4 is 11.5 Å². The molecule has 0 aliphatic carbocycles. The van der Waals surface area contributed by atoms with Gasteiger partial charge in [0.1, 0.15) is 0 Å². The lowest BCUT2D eigenvalue weighted by molar-refractivity contribution is 0.543. The molecule has 0 amide bonds. The Hall–Kier alpha value is -1.93. The molecule has 0 saturated heterocycles. The molecule has 0 atom stereocenters. The highest BCUT2D eigenvalue weighted by Crippen LogP contribution is 2.25. The summed E-state index contributed by atoms with van der Waals surface area (Å²) in [4.78, 5) is 10.5. The fraction of sp³-hybridized carbons (Fsp3) is 0.250. The highest BCUT2D eigenvalue weighted by molar-refractivity contribution is 7.02. The van der Waals surface area contributed by atoms with Crippen molar-refractivity contribution in [2.24, 2.45) is 0 Å². The van der Waals surface area contributed by atoms with Crippen LogP contribution in [0.25, 0.3) is 11.5 Å². The molecule has 0 aliphatic heterocycles. The molecule has 86 valence electrons. The molecule has 1 aromatic heterocycles. The minimum atomic E-state index is -0.526. The summed E-state index contributed by atoms with van der Waals surface area (Å²) in [6, 6.07) is 9.52. The Balaban J connectivity index is 2.38. The topological polar surface area (TPSA) is 66.9 Å². The summed E-state index contributed by atoms with van der Waals surface area (Å²) in [6.45, 7) is 3.70. The Kier molecular flexibility index (Phi) is 2.82. The summed E-state index contributed by atoms with van der Waals surface area (Å²) in [6.07, 6.45) is 0. The second-order valence-corrected chi connectivity index (χ2v) is 4.85. The van der Waals surface area contributed by atoms with Crippen LogP contribution in [0.5, 0.6) is 0 Å². The van der Waals surface area contributed by atoms with E-state index in [1.54, 1.807) is 12.1 Å². The maximum Gasteiger partial charge on any atom is 0.414 e. The van der Waals surface area contributed by atoms with E-state index in [-0.39, 0.29) is 0 Å². The quantitative estimate of drug-likeness (QED) is 0.816. The van der Waals surface area contributed by atoms with E-state index in [1.807, 2.05) is 26.0 Å². The smallest absolute Gasteiger partial charge is 0.394 e. The van der Waals surface area contributed by atoms with Crippen LogP contribution in [0.4, 0.5) is 0 Å². The fourth-order valence-corrected chi connectivity index (χ4v) is 1.82. The molecule has 1 aromatic carbocycles. The molecule has 0 spiro atoms. The largest absolute Gasteiger partial charge is 0.414 e. The highest BCUT2D eigenvalue weighted by Gasteiger charge is 2.19. The molecule has 0 unspecified atom stereocenters. The van der Waals surface area contributed by atoms with Crippen LogP contribution in [0.15, 0.2) is 33.5 Å². The van der Waals surface area contributed by atoms with Crippen molar-refractivity contribution < 1.29 is 4.42 Å². The second kappa shape index (κ2) is 4.15. The van der Waals surface area contributed by atoms with Crippen molar-refractivity contribution in [3.05, 3.63) is 39.6 Å². The molecule has 0 aliphatic rings. The molecule has 0 N–H and O–H groups in total. The number of rotatable bonds is 2. The van der Waals surface area contributed by atoms with Crippen LogP contribution < -0.4 is 4.94 Å². The molecule has 0 radical (unpaired) electrons. The van der Waals surface area contributed by atoms with Gasteiger partial charge in [-0.1, -0.05) is 12.1 Å². The molecule has 2 rings (SSSR count). The Morgan fingerprint density at radius 1 is 1.35 bits per heavy atom. The summed E-state index contributed by atoms with van der Waals surface area (Å²) in [5.74, 6) is 0.321. The van der Waals surface area contributed by atoms with E-state index in [1.165, 1.54) is 0 Å². The molecule has 5 heteroatoms. The maximum absolute atomic E-state index is 10.9. The minimum Gasteiger partial charge on any atom is -0.394 e. The van der Waals surface area contributed by atoms with Crippen LogP contribution in [0.3, 0.4) is 0 Å². The van der Waals surface area contributed by atoms with Crippen molar-refractivity contribution in [2.45, 2.75) is 19.3 Å². The first-order chi connectivity index (χ1) is 8.03. The van der Waals surface area contributed by atoms with E-state index in [0.717, 1.165) is 22.7 Å². The summed E-state index contributed by atoms with van der Waals surface area (Å²) in [5.41, 5.74) is 1.13. The van der Waals surface area contributed by atoms with Crippen LogP contribution in [0.2, 0.25) is 0 Å². The predicted octanol–water partition coefficient (Wildman–Crippen LogP) is 2.56. The molecule has 1 heterocycles. The van der Waals surface area contributed by atoms with Gasteiger partial charge < -0.3 is 4.42 Å². The zero-order valence-corrected chi connectivity index (χ0v) is 10.2. The number of hydrogen-bond donors (Lipinski definition) is 0. The van der Waals surface area contributed by atoms with Gasteiger partial charge in [-0.25, -0.2) is 4.79 Å². The first kappa shape index (κ1) is 11.6. The van der Waals surface area contributed by atoms with E-state index in [4.69, 9.17) is 9.68 Å². The average molecular weight is 246 g/mol. The van der Waals surface area contributed by atoms with Crippen molar-refractivity contribution in [1.82, 2.24) is 4.37 Å². The van der Waals surface area contributed by atoms with Crippen molar-refractivity contribution in [1.29, 1.82) is 5.26 Å². The van der Waals surface area contributed by atoms with Gasteiger partial charge in [0.25, 0.3) is 0 Å². The third-order valence-electron chi connectivity index (χ3n) is 2.52. The summed E-state index contributed by atoms with van der Waals surface area (Å²) < 4.78 is 8.80. The lowest BCUT2D eigenvalue weighted by Gasteiger charge is -2.15. The summed E-state index contributed by atoms with van der Waals surface area (Å²) in [7, 11) is 0. The van der Waals surface area contributed by atoms with Crippen LogP contribution in [-0.4, -0.2) is 4.37 Å². The summed E-state index contributed by atoms with van der Waals surface area (Å²) in [5, 5.41) is 9.02. The molecule has 17 heavy (non-hydrogen) atoms. The van der Waals surface area contributed by atoms with E-state index >= 15 is 0 Å². The average Bonchev–Trinajstić information content (AvgIpc) is 2.76. The van der Waals surface area contributed by atoms with Crippen LogP contribution in [-0.2, 0) is 5.41 Å². The van der Waals surface area contributed by atoms with Gasteiger partial charge in [-0.05, 0) is 31.5 Å². The van der Waals surface area contributed by atoms with Gasteiger partial charge in [0, 0.05) is 5.56 Å². The van der Waals surface area contributed by atoms with Crippen molar-refractivity contribution in [3.63, 3.8) is 0 Å². The third kappa shape index (κ3) is 2.27. The number of benzene rings is 1. The molecule has 0 fully saturated rings. The first-order valence-electron chi connectivity index (χ1n) is 5.02. The highest BCUT2D eigenvalue weighted by atomic mass is 32.1. The van der Waals surface area contributed by atoms with E-state index in [2.05, 4.69) is 10.4 Å². The van der Waals surface area contributed by atoms with Gasteiger partial charge in [0.05, 0.1) is 23.0 Å². The Bertz CT molecular complexity index is 617. The maximum atomic E-state index is 10.9. The Labute approximate surface area is 102 Å². The SMILES string of the molecule is CC(C)(C#N)c1ccc(-c2nsc(=O)o2)cc1. The van der Waals surface area contributed by atoms with Crippen molar-refractivity contribution in [2.75, 3.05) is 0 Å². The monoisotopic (exact) mass is 246 g/mol. The fourth-order valence-electron chi connectivity index (χ4n) is 1.40. The summed E-state index contributed by atoms with van der Waals surface area (Å²) >= 11 is 0.789. The Morgan fingerprint density at radius 3 is 2.47 bits per heavy atom. The van der Waals surface area contributed by atoms with E-state index < -0.39 is 10.4 Å². The molecular weight excluding hydrogens is 236 g/mol. The third-order valence-corrected chi connectivity index (χ3v) is 3.01. The van der Waals surface area contributed by atoms with Gasteiger partial charge in [-0.3, -0.25) is 0 Å². The second-order valence-electron chi connectivity index (χ2n) is 4.15. The van der Waals surface area contributed by atoms with E-state index in [9.17, 15) is 4.79 Å². The Morgan fingerprint density at radius 2 is 2.00 bits per heavy atom. The van der Waals surface area contributed by atoms with Crippen LogP contribution in [0.1, 0.15) is 19.4 Å². The normalized spacial score (nSPS) is 11.1. The number of hydrogen-bond acceptors (Lipinski definition) is 5. The molecule has 2 aromatic rings. The zero-order chi connectivity index (χ0) is 12.5. The zero-order valence-electron chi connectivity index (χ0n) is 9.43. The predicted molar refractivity (Wildman–Crippen MR) is 64.7 cm³/mol. The molecule has 4 nitrogen and oxygen atoms in total. The van der Waals surface area contributed by atoms with Crippen molar-refractivity contribution in [3.8, 4) is 17.5 Å². The first-order valence-corrected chi connectivity index (χ1v) is 5.79. The molecular formula is C12H10N2O2S. The molecule has 0 bridgehead atoms. The number of nitriles is 1. The standard InChI is InChI=1S/C12H10N2O2S/c1-12(2,7-13)9-5-3-8(4-6-9)10-14-17-11(15)16-10/h3-6H,1-2H3. The van der Waals surface area contributed by atoms with Gasteiger partial charge in [0.2, 0.25) is 5.89 Å². The molecule has 0 saturated carbocycles. The van der Waals surface area contributed by atoms with Crippen LogP contribution in [0, 0.1) is 11.3 Å². The number of aromatic nitrogens is 1. The van der Waals surface area contributed by atoms with Gasteiger partial charge >= 0.3 is 4.94 Å². The van der Waals surface area contributed by atoms with Gasteiger partial charge in [-0.2, -0.15) is 5.26 Å². The minimum absolute atomic E-state index is 0.321. The number of nitrogens with zero attached hydrogens (tertiary/aromatic N) is 2. The lowest BCUT2D eigenvalue weighted by Crippen LogP contribution is -2.13. The van der Waals surface area contributed by atoms with Gasteiger partial charge in [0.15, 0.2) is 0 Å².